The number of benzene rings is 2. The van der Waals surface area contributed by atoms with Crippen LogP contribution in [-0.4, -0.2) is 18.9 Å². The van der Waals surface area contributed by atoms with Crippen LogP contribution in [0.25, 0.3) is 0 Å². The molecule has 1 N–H and O–H groups in total. The average Bonchev–Trinajstić information content (AvgIpc) is 2.35. The van der Waals surface area contributed by atoms with E-state index in [-0.39, 0.29) is 17.8 Å². The summed E-state index contributed by atoms with van der Waals surface area (Å²) >= 11 is 5.62. The highest BCUT2D eigenvalue weighted by molar-refractivity contribution is 14.1. The van der Waals surface area contributed by atoms with Gasteiger partial charge in [-0.2, -0.15) is 8.42 Å². The van der Waals surface area contributed by atoms with Crippen molar-refractivity contribution < 1.29 is 22.5 Å². The number of hydrogen-bond donors (Lipinski definition) is 1. The molecular formula is C13H7I3O5S. The van der Waals surface area contributed by atoms with Gasteiger partial charge in [0.15, 0.2) is 0 Å². The Morgan fingerprint density at radius 2 is 1.64 bits per heavy atom. The predicted octanol–water partition coefficient (Wildman–Crippen LogP) is 3.97. The first-order chi connectivity index (χ1) is 10.2. The third kappa shape index (κ3) is 4.52. The lowest BCUT2D eigenvalue weighted by molar-refractivity contribution is 0.0734. The van der Waals surface area contributed by atoms with E-state index in [0.717, 1.165) is 3.57 Å². The first-order valence-corrected chi connectivity index (χ1v) is 10.3. The molecule has 0 saturated carbocycles. The summed E-state index contributed by atoms with van der Waals surface area (Å²) in [5.41, 5.74) is 0.399. The smallest absolute Gasteiger partial charge is 0.343 e. The lowest BCUT2D eigenvalue weighted by atomic mass is 10.2. The topological polar surface area (TPSA) is 80.7 Å². The summed E-state index contributed by atoms with van der Waals surface area (Å²) in [5, 5.41) is 0. The Labute approximate surface area is 168 Å². The fourth-order valence-corrected chi connectivity index (χ4v) is 6.16. The van der Waals surface area contributed by atoms with Crippen molar-refractivity contribution in [3.63, 3.8) is 0 Å². The summed E-state index contributed by atoms with van der Waals surface area (Å²) < 4.78 is 38.5. The van der Waals surface area contributed by atoms with E-state index in [1.54, 1.807) is 63.4 Å². The molecule has 0 aliphatic carbocycles. The van der Waals surface area contributed by atoms with Gasteiger partial charge in [-0.25, -0.2) is 4.79 Å². The van der Waals surface area contributed by atoms with Crippen LogP contribution >= 0.6 is 67.8 Å². The van der Waals surface area contributed by atoms with E-state index in [4.69, 9.17) is 4.74 Å². The van der Waals surface area contributed by atoms with Crippen LogP contribution in [0.4, 0.5) is 0 Å². The second-order valence-corrected chi connectivity index (χ2v) is 9.02. The molecular weight excluding hydrogens is 649 g/mol. The molecule has 2 aromatic carbocycles. The predicted molar refractivity (Wildman–Crippen MR) is 106 cm³/mol. The van der Waals surface area contributed by atoms with Crippen molar-refractivity contribution in [3.8, 4) is 5.75 Å². The normalized spacial score (nSPS) is 11.3. The number of carbonyl (C=O) groups excluding carboxylic acids is 1. The number of rotatable bonds is 3. The van der Waals surface area contributed by atoms with Gasteiger partial charge in [0, 0.05) is 10.7 Å². The summed E-state index contributed by atoms with van der Waals surface area (Å²) in [6.45, 7) is 0. The van der Waals surface area contributed by atoms with Gasteiger partial charge in [0.1, 0.15) is 10.6 Å². The van der Waals surface area contributed by atoms with E-state index in [1.807, 2.05) is 6.07 Å². The molecule has 0 bridgehead atoms. The van der Waals surface area contributed by atoms with Crippen LogP contribution < -0.4 is 4.74 Å². The highest BCUT2D eigenvalue weighted by atomic mass is 127. The van der Waals surface area contributed by atoms with Crippen LogP contribution in [0.3, 0.4) is 0 Å². The quantitative estimate of drug-likeness (QED) is 0.235. The molecule has 0 radical (unpaired) electrons. The molecule has 0 aliphatic rings. The van der Waals surface area contributed by atoms with Crippen LogP contribution in [0.5, 0.6) is 5.75 Å². The molecule has 0 aliphatic heterocycles. The highest BCUT2D eigenvalue weighted by Crippen LogP contribution is 2.29. The molecule has 0 spiro atoms. The van der Waals surface area contributed by atoms with Gasteiger partial charge in [0.2, 0.25) is 0 Å². The number of halogens is 3. The number of ether oxygens (including phenoxy) is 1. The zero-order valence-corrected chi connectivity index (χ0v) is 17.9. The van der Waals surface area contributed by atoms with Gasteiger partial charge in [0.05, 0.1) is 5.56 Å². The van der Waals surface area contributed by atoms with Gasteiger partial charge in [-0.15, -0.1) is 0 Å². The third-order valence-corrected chi connectivity index (χ3v) is 6.56. The first kappa shape index (κ1) is 18.4. The summed E-state index contributed by atoms with van der Waals surface area (Å²) in [7, 11) is -4.32. The Hall–Kier alpha value is 0.01000. The SMILES string of the molecule is O=C(Oc1cc(I)c(S(=O)(=O)O)c(I)c1)c1cccc(I)c1. The van der Waals surface area contributed by atoms with Crippen molar-refractivity contribution >= 4 is 83.9 Å². The molecule has 22 heavy (non-hydrogen) atoms. The van der Waals surface area contributed by atoms with Crippen molar-refractivity contribution in [3.05, 3.63) is 52.7 Å². The number of hydrogen-bond acceptors (Lipinski definition) is 4. The average molecular weight is 656 g/mol. The van der Waals surface area contributed by atoms with E-state index in [0.29, 0.717) is 5.56 Å². The van der Waals surface area contributed by atoms with Gasteiger partial charge in [-0.1, -0.05) is 6.07 Å². The summed E-state index contributed by atoms with van der Waals surface area (Å²) in [4.78, 5) is 11.9. The molecule has 0 heterocycles. The Bertz CT molecular complexity index is 825. The van der Waals surface area contributed by atoms with Gasteiger partial charge >= 0.3 is 5.97 Å². The lowest BCUT2D eigenvalue weighted by Gasteiger charge is -2.09. The van der Waals surface area contributed by atoms with Crippen LogP contribution in [0, 0.1) is 10.7 Å². The Kier molecular flexibility index (Phi) is 6.07. The van der Waals surface area contributed by atoms with E-state index in [9.17, 15) is 17.8 Å². The second-order valence-electron chi connectivity index (χ2n) is 4.09. The molecule has 0 atom stereocenters. The highest BCUT2D eigenvalue weighted by Gasteiger charge is 2.20. The molecule has 2 aromatic rings. The molecule has 0 unspecified atom stereocenters. The summed E-state index contributed by atoms with van der Waals surface area (Å²) in [5.74, 6) is -0.324. The van der Waals surface area contributed by atoms with E-state index < -0.39 is 16.1 Å². The zero-order chi connectivity index (χ0) is 16.5. The van der Waals surface area contributed by atoms with Gasteiger partial charge < -0.3 is 4.74 Å². The molecule has 0 fully saturated rings. The van der Waals surface area contributed by atoms with Crippen molar-refractivity contribution in [1.29, 1.82) is 0 Å². The standard InChI is InChI=1S/C13H7I3O5S/c14-8-3-1-2-7(4-8)13(17)21-9-5-10(15)12(11(16)6-9)22(18,19)20/h1-6H,(H,18,19,20). The lowest BCUT2D eigenvalue weighted by Crippen LogP contribution is -2.10. The maximum Gasteiger partial charge on any atom is 0.343 e. The minimum atomic E-state index is -4.32. The van der Waals surface area contributed by atoms with Gasteiger partial charge in [-0.05, 0) is 98.1 Å². The molecule has 116 valence electrons. The van der Waals surface area contributed by atoms with Crippen molar-refractivity contribution in [2.45, 2.75) is 4.90 Å². The molecule has 5 nitrogen and oxygen atoms in total. The fourth-order valence-electron chi connectivity index (χ4n) is 1.62. The van der Waals surface area contributed by atoms with E-state index in [1.165, 1.54) is 12.1 Å². The first-order valence-electron chi connectivity index (χ1n) is 5.63. The van der Waals surface area contributed by atoms with Crippen molar-refractivity contribution in [1.82, 2.24) is 0 Å². The largest absolute Gasteiger partial charge is 0.423 e. The maximum absolute atomic E-state index is 12.1. The van der Waals surface area contributed by atoms with Crippen LogP contribution in [-0.2, 0) is 10.1 Å². The Morgan fingerprint density at radius 3 is 2.14 bits per heavy atom. The monoisotopic (exact) mass is 656 g/mol. The summed E-state index contributed by atoms with van der Waals surface area (Å²) in [6, 6.07) is 9.69. The summed E-state index contributed by atoms with van der Waals surface area (Å²) in [6.07, 6.45) is 0. The van der Waals surface area contributed by atoms with E-state index >= 15 is 0 Å². The van der Waals surface area contributed by atoms with E-state index in [2.05, 4.69) is 22.6 Å². The Morgan fingerprint density at radius 1 is 1.05 bits per heavy atom. The minimum Gasteiger partial charge on any atom is -0.423 e. The van der Waals surface area contributed by atoms with Crippen molar-refractivity contribution in [2.24, 2.45) is 0 Å². The van der Waals surface area contributed by atoms with Gasteiger partial charge in [-0.3, -0.25) is 4.55 Å². The van der Waals surface area contributed by atoms with Gasteiger partial charge in [0.25, 0.3) is 10.1 Å². The second kappa shape index (κ2) is 7.27. The number of esters is 1. The van der Waals surface area contributed by atoms with Crippen LogP contribution in [0.15, 0.2) is 41.3 Å². The molecule has 0 saturated heterocycles. The molecule has 0 aromatic heterocycles. The minimum absolute atomic E-state index is 0.192. The zero-order valence-electron chi connectivity index (χ0n) is 10.6. The van der Waals surface area contributed by atoms with Crippen LogP contribution in [0.2, 0.25) is 0 Å². The maximum atomic E-state index is 12.1. The molecule has 9 heteroatoms. The fraction of sp³-hybridized carbons (Fsp3) is 0. The van der Waals surface area contributed by atoms with Crippen LogP contribution in [0.1, 0.15) is 10.4 Å². The third-order valence-electron chi connectivity index (χ3n) is 2.50. The molecule has 0 amide bonds. The van der Waals surface area contributed by atoms with Crippen molar-refractivity contribution in [2.75, 3.05) is 0 Å². The Balaban J connectivity index is 2.34. The molecule has 2 rings (SSSR count). The number of carbonyl (C=O) groups is 1.